The smallest absolute Gasteiger partial charge is 0.211 e. The molecule has 1 saturated heterocycles. The molecule has 0 radical (unpaired) electrons. The van der Waals surface area contributed by atoms with Gasteiger partial charge in [-0.15, -0.1) is 0 Å². The second-order valence-electron chi connectivity index (χ2n) is 5.03. The van der Waals surface area contributed by atoms with Crippen molar-refractivity contribution >= 4 is 10.0 Å². The number of ether oxygens (including phenoxy) is 1. The minimum absolute atomic E-state index is 0.166. The monoisotopic (exact) mass is 298 g/mol. The molecule has 1 atom stereocenters. The van der Waals surface area contributed by atoms with Gasteiger partial charge in [0.2, 0.25) is 10.0 Å². The van der Waals surface area contributed by atoms with E-state index in [1.165, 1.54) is 0 Å². The highest BCUT2D eigenvalue weighted by Crippen LogP contribution is 2.17. The summed E-state index contributed by atoms with van der Waals surface area (Å²) in [5.74, 6) is 0.868. The first-order valence-corrected chi connectivity index (χ1v) is 8.58. The lowest BCUT2D eigenvalue weighted by atomic mass is 10.2. The standard InChI is InChI=1S/C14H22N2O3S/c1-19-14-7-3-2-5-12(14)11-16-20(17,18)10-8-13-6-4-9-15-13/h2-3,5,7,13,15-16H,4,6,8-11H2,1H3. The molecular formula is C14H22N2O3S. The lowest BCUT2D eigenvalue weighted by molar-refractivity contribution is 0.409. The minimum Gasteiger partial charge on any atom is -0.496 e. The Balaban J connectivity index is 1.85. The molecule has 1 aliphatic heterocycles. The van der Waals surface area contributed by atoms with Gasteiger partial charge in [-0.25, -0.2) is 13.1 Å². The Kier molecular flexibility index (Phi) is 5.39. The molecule has 1 heterocycles. The fraction of sp³-hybridized carbons (Fsp3) is 0.571. The highest BCUT2D eigenvalue weighted by Gasteiger charge is 2.18. The van der Waals surface area contributed by atoms with E-state index in [-0.39, 0.29) is 12.3 Å². The third-order valence-corrected chi connectivity index (χ3v) is 4.93. The Morgan fingerprint density at radius 1 is 1.40 bits per heavy atom. The Bertz CT molecular complexity index is 525. The number of methoxy groups -OCH3 is 1. The molecule has 0 aromatic heterocycles. The van der Waals surface area contributed by atoms with Gasteiger partial charge in [0.05, 0.1) is 12.9 Å². The zero-order valence-corrected chi connectivity index (χ0v) is 12.6. The number of sulfonamides is 1. The van der Waals surface area contributed by atoms with Gasteiger partial charge in [-0.05, 0) is 31.9 Å². The SMILES string of the molecule is COc1ccccc1CNS(=O)(=O)CCC1CCCN1. The lowest BCUT2D eigenvalue weighted by Gasteiger charge is -2.12. The fourth-order valence-electron chi connectivity index (χ4n) is 2.41. The van der Waals surface area contributed by atoms with Crippen LogP contribution in [-0.2, 0) is 16.6 Å². The van der Waals surface area contributed by atoms with E-state index in [4.69, 9.17) is 4.74 Å². The molecule has 1 aromatic rings. The van der Waals surface area contributed by atoms with Crippen LogP contribution >= 0.6 is 0 Å². The van der Waals surface area contributed by atoms with Crippen molar-refractivity contribution in [1.82, 2.24) is 10.0 Å². The van der Waals surface area contributed by atoms with E-state index in [0.29, 0.717) is 18.2 Å². The largest absolute Gasteiger partial charge is 0.496 e. The van der Waals surface area contributed by atoms with Crippen molar-refractivity contribution in [1.29, 1.82) is 0 Å². The van der Waals surface area contributed by atoms with Crippen molar-refractivity contribution in [3.63, 3.8) is 0 Å². The molecule has 1 aliphatic rings. The van der Waals surface area contributed by atoms with E-state index >= 15 is 0 Å². The maximum atomic E-state index is 12.0. The van der Waals surface area contributed by atoms with Gasteiger partial charge in [-0.1, -0.05) is 18.2 Å². The number of para-hydroxylation sites is 1. The van der Waals surface area contributed by atoms with Crippen molar-refractivity contribution in [3.8, 4) is 5.75 Å². The van der Waals surface area contributed by atoms with Crippen molar-refractivity contribution in [2.24, 2.45) is 0 Å². The second kappa shape index (κ2) is 7.06. The van der Waals surface area contributed by atoms with Gasteiger partial charge in [0.25, 0.3) is 0 Å². The van der Waals surface area contributed by atoms with E-state index in [0.717, 1.165) is 24.9 Å². The second-order valence-corrected chi connectivity index (χ2v) is 6.96. The summed E-state index contributed by atoms with van der Waals surface area (Å²) in [4.78, 5) is 0. The Morgan fingerprint density at radius 3 is 2.90 bits per heavy atom. The first-order chi connectivity index (χ1) is 9.61. The summed E-state index contributed by atoms with van der Waals surface area (Å²) >= 11 is 0. The van der Waals surface area contributed by atoms with E-state index in [1.807, 2.05) is 24.3 Å². The number of nitrogens with one attached hydrogen (secondary N) is 2. The molecule has 20 heavy (non-hydrogen) atoms. The molecule has 0 bridgehead atoms. The average molecular weight is 298 g/mol. The Hall–Kier alpha value is -1.11. The maximum Gasteiger partial charge on any atom is 0.211 e. The van der Waals surface area contributed by atoms with E-state index in [9.17, 15) is 8.42 Å². The number of benzene rings is 1. The predicted molar refractivity (Wildman–Crippen MR) is 79.3 cm³/mol. The summed E-state index contributed by atoms with van der Waals surface area (Å²) < 4.78 is 31.8. The van der Waals surface area contributed by atoms with Crippen LogP contribution in [0.2, 0.25) is 0 Å². The van der Waals surface area contributed by atoms with Crippen LogP contribution in [0.5, 0.6) is 5.75 Å². The van der Waals surface area contributed by atoms with Crippen LogP contribution in [0.3, 0.4) is 0 Å². The van der Waals surface area contributed by atoms with Gasteiger partial charge in [-0.2, -0.15) is 0 Å². The molecule has 5 nitrogen and oxygen atoms in total. The molecule has 0 aliphatic carbocycles. The average Bonchev–Trinajstić information content (AvgIpc) is 2.97. The zero-order valence-electron chi connectivity index (χ0n) is 11.8. The van der Waals surface area contributed by atoms with Crippen LogP contribution in [0.25, 0.3) is 0 Å². The van der Waals surface area contributed by atoms with E-state index in [2.05, 4.69) is 10.0 Å². The molecule has 0 saturated carbocycles. The number of rotatable bonds is 7. The molecule has 2 rings (SSSR count). The highest BCUT2D eigenvalue weighted by molar-refractivity contribution is 7.89. The maximum absolute atomic E-state index is 12.0. The normalized spacial score (nSPS) is 19.1. The highest BCUT2D eigenvalue weighted by atomic mass is 32.2. The van der Waals surface area contributed by atoms with Crippen LogP contribution in [0.15, 0.2) is 24.3 Å². The van der Waals surface area contributed by atoms with Crippen LogP contribution in [0.4, 0.5) is 0 Å². The van der Waals surface area contributed by atoms with Gasteiger partial charge in [-0.3, -0.25) is 0 Å². The lowest BCUT2D eigenvalue weighted by Crippen LogP contribution is -2.30. The van der Waals surface area contributed by atoms with Crippen LogP contribution in [-0.4, -0.2) is 33.9 Å². The predicted octanol–water partition coefficient (Wildman–Crippen LogP) is 1.26. The van der Waals surface area contributed by atoms with Gasteiger partial charge < -0.3 is 10.1 Å². The third kappa shape index (κ3) is 4.47. The van der Waals surface area contributed by atoms with Gasteiger partial charge in [0.1, 0.15) is 5.75 Å². The summed E-state index contributed by atoms with van der Waals surface area (Å²) in [6.07, 6.45) is 2.88. The summed E-state index contributed by atoms with van der Waals surface area (Å²) in [5.41, 5.74) is 0.845. The van der Waals surface area contributed by atoms with E-state index < -0.39 is 10.0 Å². The summed E-state index contributed by atoms with van der Waals surface area (Å²) in [6.45, 7) is 1.27. The summed E-state index contributed by atoms with van der Waals surface area (Å²) in [5, 5.41) is 3.31. The molecule has 6 heteroatoms. The molecule has 0 spiro atoms. The van der Waals surface area contributed by atoms with Crippen LogP contribution in [0.1, 0.15) is 24.8 Å². The fourth-order valence-corrected chi connectivity index (χ4v) is 3.52. The molecule has 1 aromatic carbocycles. The van der Waals surface area contributed by atoms with Crippen molar-refractivity contribution in [2.45, 2.75) is 31.8 Å². The number of hydrogen-bond donors (Lipinski definition) is 2. The van der Waals surface area contributed by atoms with Crippen molar-refractivity contribution in [2.75, 3.05) is 19.4 Å². The molecular weight excluding hydrogens is 276 g/mol. The van der Waals surface area contributed by atoms with Gasteiger partial charge >= 0.3 is 0 Å². The van der Waals surface area contributed by atoms with Crippen molar-refractivity contribution in [3.05, 3.63) is 29.8 Å². The molecule has 1 unspecified atom stereocenters. The molecule has 1 fully saturated rings. The minimum atomic E-state index is -3.24. The molecule has 0 amide bonds. The summed E-state index contributed by atoms with van der Waals surface area (Å²) in [7, 11) is -1.66. The number of hydrogen-bond acceptors (Lipinski definition) is 4. The van der Waals surface area contributed by atoms with Crippen LogP contribution in [0, 0.1) is 0 Å². The summed E-state index contributed by atoms with van der Waals surface area (Å²) in [6, 6.07) is 7.77. The van der Waals surface area contributed by atoms with Gasteiger partial charge in [0.15, 0.2) is 0 Å². The third-order valence-electron chi connectivity index (χ3n) is 3.57. The topological polar surface area (TPSA) is 67.4 Å². The molecule has 112 valence electrons. The van der Waals surface area contributed by atoms with Crippen molar-refractivity contribution < 1.29 is 13.2 Å². The quantitative estimate of drug-likeness (QED) is 0.795. The molecule has 2 N–H and O–H groups in total. The first-order valence-electron chi connectivity index (χ1n) is 6.93. The zero-order chi connectivity index (χ0) is 14.4. The van der Waals surface area contributed by atoms with Gasteiger partial charge in [0, 0.05) is 18.2 Å². The Morgan fingerprint density at radius 2 is 2.20 bits per heavy atom. The van der Waals surface area contributed by atoms with Crippen LogP contribution < -0.4 is 14.8 Å². The van der Waals surface area contributed by atoms with E-state index in [1.54, 1.807) is 7.11 Å². The Labute approximate surface area is 120 Å². The first kappa shape index (κ1) is 15.3.